The molecule has 1 aliphatic rings. The second kappa shape index (κ2) is 5.14. The molecule has 4 aromatic rings. The summed E-state index contributed by atoms with van der Waals surface area (Å²) in [6.07, 6.45) is 1.75. The van der Waals surface area contributed by atoms with Crippen LogP contribution in [-0.2, 0) is 6.61 Å². The topological polar surface area (TPSA) is 48.2 Å². The molecule has 4 nitrogen and oxygen atoms in total. The highest BCUT2D eigenvalue weighted by molar-refractivity contribution is 5.91. The summed E-state index contributed by atoms with van der Waals surface area (Å²) in [5, 5.41) is 4.73. The van der Waals surface area contributed by atoms with Crippen molar-refractivity contribution in [1.82, 2.24) is 10.1 Å². The summed E-state index contributed by atoms with van der Waals surface area (Å²) in [6.45, 7) is 2.48. The summed E-state index contributed by atoms with van der Waals surface area (Å²) < 4.78 is 24.7. The number of nitrogens with zero attached hydrogens (tertiary/aromatic N) is 2. The number of ether oxygens (including phenoxy) is 1. The van der Waals surface area contributed by atoms with Gasteiger partial charge in [-0.15, -0.1) is 0 Å². The molecule has 0 saturated heterocycles. The molecule has 25 heavy (non-hydrogen) atoms. The summed E-state index contributed by atoms with van der Waals surface area (Å²) in [5.41, 5.74) is 5.94. The SMILES string of the molecule is Cc1ccc2c(c1)-c1ncc(-c3noc4ccc(F)cc34)cc1CO2. The van der Waals surface area contributed by atoms with Gasteiger partial charge < -0.3 is 9.26 Å². The van der Waals surface area contributed by atoms with E-state index in [0.29, 0.717) is 23.3 Å². The lowest BCUT2D eigenvalue weighted by Gasteiger charge is -2.20. The van der Waals surface area contributed by atoms with Crippen molar-refractivity contribution in [3.8, 4) is 28.3 Å². The van der Waals surface area contributed by atoms with Gasteiger partial charge in [-0.25, -0.2) is 4.39 Å². The van der Waals surface area contributed by atoms with Crippen LogP contribution in [0.4, 0.5) is 4.39 Å². The molecule has 0 bridgehead atoms. The molecule has 0 atom stereocenters. The zero-order valence-electron chi connectivity index (χ0n) is 13.4. The Morgan fingerprint density at radius 3 is 2.88 bits per heavy atom. The van der Waals surface area contributed by atoms with Crippen LogP contribution in [-0.4, -0.2) is 10.1 Å². The van der Waals surface area contributed by atoms with E-state index in [9.17, 15) is 4.39 Å². The monoisotopic (exact) mass is 332 g/mol. The van der Waals surface area contributed by atoms with E-state index in [1.807, 2.05) is 25.1 Å². The maximum Gasteiger partial charge on any atom is 0.167 e. The largest absolute Gasteiger partial charge is 0.488 e. The minimum atomic E-state index is -0.324. The predicted octanol–water partition coefficient (Wildman–Crippen LogP) is 4.90. The van der Waals surface area contributed by atoms with Crippen molar-refractivity contribution in [1.29, 1.82) is 0 Å². The van der Waals surface area contributed by atoms with Gasteiger partial charge in [-0.1, -0.05) is 16.8 Å². The Morgan fingerprint density at radius 2 is 1.96 bits per heavy atom. The van der Waals surface area contributed by atoms with Gasteiger partial charge in [0.2, 0.25) is 0 Å². The summed E-state index contributed by atoms with van der Waals surface area (Å²) >= 11 is 0. The van der Waals surface area contributed by atoms with E-state index in [1.165, 1.54) is 12.1 Å². The molecule has 0 fully saturated rings. The Kier molecular flexibility index (Phi) is 2.91. The average Bonchev–Trinajstić information content (AvgIpc) is 3.04. The Bertz CT molecular complexity index is 1130. The van der Waals surface area contributed by atoms with Crippen LogP contribution in [0, 0.1) is 12.7 Å². The number of hydrogen-bond donors (Lipinski definition) is 0. The van der Waals surface area contributed by atoms with E-state index in [2.05, 4.69) is 16.2 Å². The Labute approximate surface area is 142 Å². The van der Waals surface area contributed by atoms with Gasteiger partial charge in [0.15, 0.2) is 5.58 Å². The smallest absolute Gasteiger partial charge is 0.167 e. The molecular weight excluding hydrogens is 319 g/mol. The molecule has 0 unspecified atom stereocenters. The quantitative estimate of drug-likeness (QED) is 0.497. The maximum atomic E-state index is 13.6. The van der Waals surface area contributed by atoms with Crippen LogP contribution < -0.4 is 4.74 Å². The van der Waals surface area contributed by atoms with Crippen molar-refractivity contribution < 1.29 is 13.7 Å². The summed E-state index contributed by atoms with van der Waals surface area (Å²) in [6, 6.07) is 12.4. The molecule has 5 heteroatoms. The Morgan fingerprint density at radius 1 is 1.04 bits per heavy atom. The first kappa shape index (κ1) is 14.2. The Balaban J connectivity index is 1.67. The van der Waals surface area contributed by atoms with E-state index in [0.717, 1.165) is 33.7 Å². The second-order valence-electron chi connectivity index (χ2n) is 6.19. The van der Waals surface area contributed by atoms with Gasteiger partial charge >= 0.3 is 0 Å². The normalized spacial score (nSPS) is 12.6. The fourth-order valence-electron chi connectivity index (χ4n) is 3.22. The van der Waals surface area contributed by atoms with Crippen molar-refractivity contribution in [2.75, 3.05) is 0 Å². The highest BCUT2D eigenvalue weighted by Gasteiger charge is 2.21. The molecule has 0 N–H and O–H groups in total. The summed E-state index contributed by atoms with van der Waals surface area (Å²) in [7, 11) is 0. The minimum Gasteiger partial charge on any atom is -0.488 e. The van der Waals surface area contributed by atoms with E-state index >= 15 is 0 Å². The van der Waals surface area contributed by atoms with Gasteiger partial charge in [0, 0.05) is 22.9 Å². The summed E-state index contributed by atoms with van der Waals surface area (Å²) in [5.74, 6) is 0.517. The molecule has 2 aromatic heterocycles. The second-order valence-corrected chi connectivity index (χ2v) is 6.19. The van der Waals surface area contributed by atoms with Gasteiger partial charge in [-0.05, 0) is 43.3 Å². The van der Waals surface area contributed by atoms with Crippen molar-refractivity contribution in [2.24, 2.45) is 0 Å². The molecule has 122 valence electrons. The molecule has 0 saturated carbocycles. The first-order valence-electron chi connectivity index (χ1n) is 7.97. The van der Waals surface area contributed by atoms with E-state index < -0.39 is 0 Å². The van der Waals surface area contributed by atoms with Crippen LogP contribution in [0.15, 0.2) is 53.2 Å². The number of benzene rings is 2. The van der Waals surface area contributed by atoms with Crippen molar-refractivity contribution >= 4 is 11.0 Å². The molecule has 0 amide bonds. The number of hydrogen-bond acceptors (Lipinski definition) is 4. The third-order valence-electron chi connectivity index (χ3n) is 4.45. The fraction of sp³-hybridized carbons (Fsp3) is 0.100. The van der Waals surface area contributed by atoms with Crippen LogP contribution in [0.5, 0.6) is 5.75 Å². The fourth-order valence-corrected chi connectivity index (χ4v) is 3.22. The van der Waals surface area contributed by atoms with Crippen LogP contribution in [0.1, 0.15) is 11.1 Å². The Hall–Kier alpha value is -3.21. The lowest BCUT2D eigenvalue weighted by molar-refractivity contribution is 0.301. The molecule has 3 heterocycles. The molecule has 2 aromatic carbocycles. The van der Waals surface area contributed by atoms with Crippen LogP contribution in [0.2, 0.25) is 0 Å². The average molecular weight is 332 g/mol. The molecule has 1 aliphatic heterocycles. The molecule has 5 rings (SSSR count). The van der Waals surface area contributed by atoms with Gasteiger partial charge in [0.05, 0.1) is 11.1 Å². The lowest BCUT2D eigenvalue weighted by Crippen LogP contribution is -2.07. The number of fused-ring (bicyclic) bond motifs is 4. The molecular formula is C20H13FN2O2. The van der Waals surface area contributed by atoms with Crippen molar-refractivity contribution in [2.45, 2.75) is 13.5 Å². The maximum absolute atomic E-state index is 13.6. The predicted molar refractivity (Wildman–Crippen MR) is 91.7 cm³/mol. The highest BCUT2D eigenvalue weighted by atomic mass is 19.1. The molecule has 0 aliphatic carbocycles. The zero-order chi connectivity index (χ0) is 17.0. The third kappa shape index (κ3) is 2.20. The van der Waals surface area contributed by atoms with Crippen molar-refractivity contribution in [3.63, 3.8) is 0 Å². The first-order valence-corrected chi connectivity index (χ1v) is 7.97. The first-order chi connectivity index (χ1) is 12.2. The number of halogens is 1. The van der Waals surface area contributed by atoms with Crippen LogP contribution in [0.3, 0.4) is 0 Å². The minimum absolute atomic E-state index is 0.324. The van der Waals surface area contributed by atoms with Gasteiger partial charge in [0.1, 0.15) is 23.9 Å². The van der Waals surface area contributed by atoms with Crippen molar-refractivity contribution in [3.05, 3.63) is 65.6 Å². The van der Waals surface area contributed by atoms with E-state index in [-0.39, 0.29) is 5.82 Å². The highest BCUT2D eigenvalue weighted by Crippen LogP contribution is 2.38. The molecule has 0 radical (unpaired) electrons. The van der Waals surface area contributed by atoms with Gasteiger partial charge in [-0.3, -0.25) is 4.98 Å². The van der Waals surface area contributed by atoms with Crippen LogP contribution in [0.25, 0.3) is 33.5 Å². The number of aryl methyl sites for hydroxylation is 1. The van der Waals surface area contributed by atoms with E-state index in [4.69, 9.17) is 9.26 Å². The standard InChI is InChI=1S/C20H13FN2O2/c1-11-2-4-17-15(6-11)19-13(10-24-17)7-12(9-22-19)20-16-8-14(21)3-5-18(16)25-23-20/h2-9H,10H2,1H3. The van der Waals surface area contributed by atoms with Crippen LogP contribution >= 0.6 is 0 Å². The van der Waals surface area contributed by atoms with Gasteiger partial charge in [-0.2, -0.15) is 0 Å². The number of rotatable bonds is 1. The summed E-state index contributed by atoms with van der Waals surface area (Å²) in [4.78, 5) is 4.63. The van der Waals surface area contributed by atoms with E-state index in [1.54, 1.807) is 12.3 Å². The lowest BCUT2D eigenvalue weighted by atomic mass is 9.98. The number of pyridine rings is 1. The number of aromatic nitrogens is 2. The third-order valence-corrected chi connectivity index (χ3v) is 4.45. The zero-order valence-corrected chi connectivity index (χ0v) is 13.4. The molecule has 0 spiro atoms. The van der Waals surface area contributed by atoms with Gasteiger partial charge in [0.25, 0.3) is 0 Å².